The second kappa shape index (κ2) is 13.6. The summed E-state index contributed by atoms with van der Waals surface area (Å²) in [5.41, 5.74) is 5.71. The quantitative estimate of drug-likeness (QED) is 0.169. The van der Waals surface area contributed by atoms with Crippen molar-refractivity contribution in [3.63, 3.8) is 0 Å². The monoisotopic (exact) mass is 670 g/mol. The average molecular weight is 671 g/mol. The first-order valence-electron chi connectivity index (χ1n) is 16.3. The number of halogens is 1. The van der Waals surface area contributed by atoms with Gasteiger partial charge in [-0.05, 0) is 74.9 Å². The maximum absolute atomic E-state index is 13.8. The van der Waals surface area contributed by atoms with Crippen LogP contribution in [0.2, 0.25) is 0 Å². The molecule has 2 aromatic heterocycles. The fourth-order valence-electron chi connectivity index (χ4n) is 6.27. The van der Waals surface area contributed by atoms with Crippen molar-refractivity contribution < 1.29 is 28.2 Å². The molecule has 0 amide bonds. The molecule has 6 aromatic rings. The van der Waals surface area contributed by atoms with Gasteiger partial charge in [-0.2, -0.15) is 0 Å². The van der Waals surface area contributed by atoms with E-state index in [9.17, 15) is 19.4 Å². The molecule has 1 N–H and O–H groups in total. The van der Waals surface area contributed by atoms with Gasteiger partial charge in [0.05, 0.1) is 16.5 Å². The molecule has 0 spiro atoms. The van der Waals surface area contributed by atoms with E-state index in [1.165, 1.54) is 12.1 Å². The molecule has 0 bridgehead atoms. The second-order valence-corrected chi connectivity index (χ2v) is 12.5. The smallest absolute Gasteiger partial charge is 0.338 e. The molecule has 1 fully saturated rings. The van der Waals surface area contributed by atoms with Crippen LogP contribution in [0.3, 0.4) is 0 Å². The Hall–Kier alpha value is -5.87. The predicted molar refractivity (Wildman–Crippen MR) is 185 cm³/mol. The third kappa shape index (κ3) is 6.45. The van der Waals surface area contributed by atoms with E-state index in [0.717, 1.165) is 22.3 Å². The number of benzene rings is 4. The van der Waals surface area contributed by atoms with Crippen molar-refractivity contribution in [2.45, 2.75) is 45.6 Å². The Morgan fingerprint density at radius 2 is 1.48 bits per heavy atom. The van der Waals surface area contributed by atoms with Crippen molar-refractivity contribution in [3.05, 3.63) is 149 Å². The summed E-state index contributed by atoms with van der Waals surface area (Å²) in [5.74, 6) is -0.894. The molecule has 0 unspecified atom stereocenters. The van der Waals surface area contributed by atoms with Gasteiger partial charge in [0.2, 0.25) is 0 Å². The van der Waals surface area contributed by atoms with Crippen LogP contribution in [0.15, 0.2) is 109 Å². The SMILES string of the molecule is Cc1ccc(C(=O)OC[C@H]2O[C@@H](n3cc(-c4ccccc4)c4c(=N)n(-c5ccc(F)cc5)c(C)nc43)C[C@@H]2OC(=O)c2ccc(C)cc2)cc1. The Labute approximate surface area is 288 Å². The summed E-state index contributed by atoms with van der Waals surface area (Å²) in [6, 6.07) is 29.8. The standard InChI is InChI=1S/C40H35FN4O5/c1-24-9-13-28(14-10-24)39(46)48-23-34-33(50-40(47)29-15-11-25(2)12-16-29)21-35(49-34)44-22-32(27-7-5-4-6-8-27)36-37(42)45(26(3)43-38(36)44)31-19-17-30(41)18-20-31/h4-20,22,33-35,42H,21,23H2,1-3H3/t33-,34+,35+/m0/s1. The number of rotatable bonds is 8. The zero-order chi connectivity index (χ0) is 34.9. The van der Waals surface area contributed by atoms with Gasteiger partial charge in [-0.25, -0.2) is 19.0 Å². The number of aryl methyl sites for hydroxylation is 3. The van der Waals surface area contributed by atoms with E-state index in [1.54, 1.807) is 47.9 Å². The fraction of sp³-hybridized carbons (Fsp3) is 0.200. The highest BCUT2D eigenvalue weighted by molar-refractivity contribution is 5.94. The largest absolute Gasteiger partial charge is 0.459 e. The lowest BCUT2D eigenvalue weighted by Crippen LogP contribution is -2.32. The minimum atomic E-state index is -0.786. The molecule has 7 rings (SSSR count). The van der Waals surface area contributed by atoms with E-state index < -0.39 is 30.4 Å². The van der Waals surface area contributed by atoms with Crippen LogP contribution >= 0.6 is 0 Å². The van der Waals surface area contributed by atoms with Crippen LogP contribution in [0.25, 0.3) is 27.8 Å². The molecule has 9 nitrogen and oxygen atoms in total. The molecule has 4 aromatic carbocycles. The van der Waals surface area contributed by atoms with Gasteiger partial charge in [-0.1, -0.05) is 65.7 Å². The van der Waals surface area contributed by atoms with Crippen molar-refractivity contribution in [2.75, 3.05) is 6.61 Å². The van der Waals surface area contributed by atoms with Crippen LogP contribution in [0.1, 0.15) is 50.3 Å². The van der Waals surface area contributed by atoms with Crippen LogP contribution < -0.4 is 5.49 Å². The minimum absolute atomic E-state index is 0.152. The molecule has 10 heteroatoms. The van der Waals surface area contributed by atoms with E-state index in [4.69, 9.17) is 19.2 Å². The number of hydrogen-bond donors (Lipinski definition) is 1. The van der Waals surface area contributed by atoms with Gasteiger partial charge >= 0.3 is 11.9 Å². The number of ether oxygens (including phenoxy) is 3. The number of nitrogens with zero attached hydrogens (tertiary/aromatic N) is 3. The first-order chi connectivity index (χ1) is 24.2. The van der Waals surface area contributed by atoms with Crippen LogP contribution in [0, 0.1) is 32.0 Å². The maximum Gasteiger partial charge on any atom is 0.338 e. The molecular weight excluding hydrogens is 635 g/mol. The molecule has 3 heterocycles. The van der Waals surface area contributed by atoms with E-state index in [0.29, 0.717) is 33.7 Å². The van der Waals surface area contributed by atoms with Crippen molar-refractivity contribution in [1.29, 1.82) is 5.41 Å². The first-order valence-corrected chi connectivity index (χ1v) is 16.3. The number of carbonyl (C=O) groups is 2. The van der Waals surface area contributed by atoms with Crippen LogP contribution in [-0.2, 0) is 14.2 Å². The Balaban J connectivity index is 1.27. The molecular formula is C40H35FN4O5. The molecule has 1 aliphatic heterocycles. The molecule has 0 saturated carbocycles. The molecule has 1 aliphatic rings. The van der Waals surface area contributed by atoms with Gasteiger partial charge in [-0.15, -0.1) is 0 Å². The zero-order valence-corrected chi connectivity index (χ0v) is 27.8. The van der Waals surface area contributed by atoms with Gasteiger partial charge in [0.1, 0.15) is 47.8 Å². The Morgan fingerprint density at radius 1 is 0.860 bits per heavy atom. The molecule has 1 saturated heterocycles. The number of aromatic nitrogens is 3. The van der Waals surface area contributed by atoms with E-state index in [2.05, 4.69) is 0 Å². The summed E-state index contributed by atoms with van der Waals surface area (Å²) in [7, 11) is 0. The lowest BCUT2D eigenvalue weighted by molar-refractivity contribution is -0.0562. The number of esters is 2. The van der Waals surface area contributed by atoms with Crippen molar-refractivity contribution >= 4 is 23.0 Å². The van der Waals surface area contributed by atoms with Crippen molar-refractivity contribution in [3.8, 4) is 16.8 Å². The lowest BCUT2D eigenvalue weighted by Gasteiger charge is -2.19. The maximum atomic E-state index is 13.8. The predicted octanol–water partition coefficient (Wildman–Crippen LogP) is 7.41. The Morgan fingerprint density at radius 3 is 2.12 bits per heavy atom. The van der Waals surface area contributed by atoms with Gasteiger partial charge in [0, 0.05) is 23.9 Å². The summed E-state index contributed by atoms with van der Waals surface area (Å²) in [6.45, 7) is 5.51. The van der Waals surface area contributed by atoms with Crippen molar-refractivity contribution in [2.24, 2.45) is 0 Å². The first kappa shape index (κ1) is 32.7. The molecule has 0 radical (unpaired) electrons. The molecule has 3 atom stereocenters. The molecule has 252 valence electrons. The Bertz CT molecular complexity index is 2250. The second-order valence-electron chi connectivity index (χ2n) is 12.5. The third-order valence-electron chi connectivity index (χ3n) is 8.93. The number of hydrogen-bond acceptors (Lipinski definition) is 7. The van der Waals surface area contributed by atoms with Gasteiger partial charge in [0.25, 0.3) is 0 Å². The zero-order valence-electron chi connectivity index (χ0n) is 27.8. The lowest BCUT2D eigenvalue weighted by atomic mass is 10.1. The topological polar surface area (TPSA) is 108 Å². The van der Waals surface area contributed by atoms with Gasteiger partial charge < -0.3 is 18.8 Å². The summed E-state index contributed by atoms with van der Waals surface area (Å²) < 4.78 is 35.6. The minimum Gasteiger partial charge on any atom is -0.459 e. The van der Waals surface area contributed by atoms with Crippen molar-refractivity contribution in [1.82, 2.24) is 14.1 Å². The van der Waals surface area contributed by atoms with Crippen LogP contribution in [0.5, 0.6) is 0 Å². The normalized spacial score (nSPS) is 17.2. The van der Waals surface area contributed by atoms with Crippen LogP contribution in [-0.4, -0.2) is 44.9 Å². The highest BCUT2D eigenvalue weighted by atomic mass is 19.1. The average Bonchev–Trinajstić information content (AvgIpc) is 3.70. The number of fused-ring (bicyclic) bond motifs is 1. The van der Waals surface area contributed by atoms with Gasteiger partial charge in [-0.3, -0.25) is 9.98 Å². The Kier molecular flexibility index (Phi) is 8.86. The summed E-state index contributed by atoms with van der Waals surface area (Å²) in [4.78, 5) is 31.3. The van der Waals surface area contributed by atoms with E-state index in [1.807, 2.05) is 79.2 Å². The molecule has 50 heavy (non-hydrogen) atoms. The highest BCUT2D eigenvalue weighted by Crippen LogP contribution is 2.37. The summed E-state index contributed by atoms with van der Waals surface area (Å²) in [6.07, 6.45) is -0.0955. The summed E-state index contributed by atoms with van der Waals surface area (Å²) in [5, 5.41) is 9.95. The number of carbonyl (C=O) groups excluding carboxylic acids is 2. The molecule has 0 aliphatic carbocycles. The van der Waals surface area contributed by atoms with Gasteiger partial charge in [0.15, 0.2) is 0 Å². The summed E-state index contributed by atoms with van der Waals surface area (Å²) >= 11 is 0. The van der Waals surface area contributed by atoms with E-state index >= 15 is 0 Å². The third-order valence-corrected chi connectivity index (χ3v) is 8.93. The fourth-order valence-corrected chi connectivity index (χ4v) is 6.27. The number of nitrogens with one attached hydrogen (secondary N) is 1. The van der Waals surface area contributed by atoms with E-state index in [-0.39, 0.29) is 24.3 Å². The highest BCUT2D eigenvalue weighted by Gasteiger charge is 2.41. The van der Waals surface area contributed by atoms with Crippen LogP contribution in [0.4, 0.5) is 4.39 Å².